The molecule has 0 spiro atoms. The summed E-state index contributed by atoms with van der Waals surface area (Å²) in [5.41, 5.74) is -0.752. The van der Waals surface area contributed by atoms with E-state index in [1.807, 2.05) is 0 Å². The smallest absolute Gasteiger partial charge is 0.339 e. The molecule has 0 N–H and O–H groups in total. The monoisotopic (exact) mass is 300 g/mol. The van der Waals surface area contributed by atoms with Gasteiger partial charge in [-0.05, 0) is 13.8 Å². The summed E-state index contributed by atoms with van der Waals surface area (Å²) in [6.45, 7) is 3.33. The first-order chi connectivity index (χ1) is 8.59. The lowest BCUT2D eigenvalue weighted by Crippen LogP contribution is -2.55. The molecule has 1 fully saturated rings. The molecular formula is C11H16ClF3N2O2. The van der Waals surface area contributed by atoms with Gasteiger partial charge in [0.15, 0.2) is 0 Å². The average molecular weight is 301 g/mol. The number of amides is 2. The number of hydrogen-bond donors (Lipinski definition) is 0. The van der Waals surface area contributed by atoms with Gasteiger partial charge in [0.25, 0.3) is 0 Å². The maximum atomic E-state index is 12.2. The molecule has 0 unspecified atom stereocenters. The van der Waals surface area contributed by atoms with E-state index in [0.717, 1.165) is 4.90 Å². The lowest BCUT2D eigenvalue weighted by molar-refractivity contribution is -0.187. The summed E-state index contributed by atoms with van der Waals surface area (Å²) in [5.74, 6) is -1.93. The molecule has 0 radical (unpaired) electrons. The molecule has 0 aliphatic carbocycles. The Morgan fingerprint density at radius 3 is 1.68 bits per heavy atom. The van der Waals surface area contributed by atoms with Crippen LogP contribution in [0.3, 0.4) is 0 Å². The van der Waals surface area contributed by atoms with Crippen molar-refractivity contribution in [1.82, 2.24) is 9.80 Å². The minimum atomic E-state index is -4.86. The number of carbonyl (C=O) groups excluding carboxylic acids is 2. The second-order valence-electron chi connectivity index (χ2n) is 5.10. The summed E-state index contributed by atoms with van der Waals surface area (Å²) in [5, 5.41) is 0. The van der Waals surface area contributed by atoms with Crippen LogP contribution in [-0.2, 0) is 9.59 Å². The highest BCUT2D eigenvalue weighted by Gasteiger charge is 2.44. The highest BCUT2D eigenvalue weighted by molar-refractivity contribution is 6.19. The Morgan fingerprint density at radius 2 is 1.37 bits per heavy atom. The van der Waals surface area contributed by atoms with Crippen molar-refractivity contribution in [3.8, 4) is 0 Å². The van der Waals surface area contributed by atoms with Crippen LogP contribution in [0.2, 0.25) is 0 Å². The molecule has 0 aromatic heterocycles. The summed E-state index contributed by atoms with van der Waals surface area (Å²) in [7, 11) is 0. The predicted molar refractivity (Wildman–Crippen MR) is 63.7 cm³/mol. The first-order valence-corrected chi connectivity index (χ1v) is 6.34. The first-order valence-electron chi connectivity index (χ1n) is 5.81. The van der Waals surface area contributed by atoms with Crippen molar-refractivity contribution in [2.75, 3.05) is 32.1 Å². The highest BCUT2D eigenvalue weighted by Crippen LogP contribution is 2.23. The van der Waals surface area contributed by atoms with Gasteiger partial charge in [-0.1, -0.05) is 0 Å². The Labute approximate surface area is 114 Å². The van der Waals surface area contributed by atoms with Gasteiger partial charge in [0.2, 0.25) is 5.91 Å². The van der Waals surface area contributed by atoms with Crippen molar-refractivity contribution in [3.05, 3.63) is 0 Å². The van der Waals surface area contributed by atoms with Crippen molar-refractivity contribution in [2.24, 2.45) is 5.41 Å². The van der Waals surface area contributed by atoms with Crippen LogP contribution in [0.1, 0.15) is 13.8 Å². The number of halogens is 4. The summed E-state index contributed by atoms with van der Waals surface area (Å²) < 4.78 is 36.7. The fourth-order valence-electron chi connectivity index (χ4n) is 1.78. The summed E-state index contributed by atoms with van der Waals surface area (Å²) in [6.07, 6.45) is -4.86. The van der Waals surface area contributed by atoms with Crippen molar-refractivity contribution >= 4 is 23.4 Å². The van der Waals surface area contributed by atoms with Gasteiger partial charge in [-0.2, -0.15) is 13.2 Å². The Hall–Kier alpha value is -0.980. The van der Waals surface area contributed by atoms with Crippen molar-refractivity contribution in [3.63, 3.8) is 0 Å². The number of piperazine rings is 1. The second kappa shape index (κ2) is 5.56. The molecule has 2 amide bonds. The van der Waals surface area contributed by atoms with Crippen LogP contribution in [0.15, 0.2) is 0 Å². The fraction of sp³-hybridized carbons (Fsp3) is 0.818. The summed E-state index contributed by atoms with van der Waals surface area (Å²) in [4.78, 5) is 25.2. The quantitative estimate of drug-likeness (QED) is 0.725. The van der Waals surface area contributed by atoms with E-state index >= 15 is 0 Å². The predicted octanol–water partition coefficient (Wildman–Crippen LogP) is 1.48. The standard InChI is InChI=1S/C11H16ClF3N2O2/c1-10(2,7-12)8(18)16-3-5-17(6-4-16)9(19)11(13,14)15/h3-7H2,1-2H3. The van der Waals surface area contributed by atoms with E-state index in [9.17, 15) is 22.8 Å². The third kappa shape index (κ3) is 3.75. The van der Waals surface area contributed by atoms with Crippen LogP contribution in [0.4, 0.5) is 13.2 Å². The minimum Gasteiger partial charge on any atom is -0.339 e. The SMILES string of the molecule is CC(C)(CCl)C(=O)N1CCN(C(=O)C(F)(F)F)CC1. The third-order valence-electron chi connectivity index (χ3n) is 3.01. The molecule has 0 saturated carbocycles. The van der Waals surface area contributed by atoms with Gasteiger partial charge in [-0.3, -0.25) is 9.59 Å². The van der Waals surface area contributed by atoms with Crippen molar-refractivity contribution in [1.29, 1.82) is 0 Å². The average Bonchev–Trinajstić information content (AvgIpc) is 2.36. The Kier molecular flexibility index (Phi) is 4.71. The number of nitrogens with zero attached hydrogens (tertiary/aromatic N) is 2. The maximum Gasteiger partial charge on any atom is 0.471 e. The van der Waals surface area contributed by atoms with Gasteiger partial charge in [-0.15, -0.1) is 11.6 Å². The molecule has 1 heterocycles. The van der Waals surface area contributed by atoms with Crippen LogP contribution in [0.25, 0.3) is 0 Å². The van der Waals surface area contributed by atoms with Crippen LogP contribution in [-0.4, -0.2) is 59.8 Å². The molecule has 1 rings (SSSR count). The zero-order chi connectivity index (χ0) is 14.8. The fourth-order valence-corrected chi connectivity index (χ4v) is 1.89. The molecule has 8 heteroatoms. The van der Waals surface area contributed by atoms with Crippen LogP contribution in [0.5, 0.6) is 0 Å². The number of alkyl halides is 4. The normalized spacial score (nSPS) is 17.6. The molecule has 0 atom stereocenters. The van der Waals surface area contributed by atoms with E-state index < -0.39 is 17.5 Å². The Balaban J connectivity index is 2.59. The first kappa shape index (κ1) is 16.1. The molecule has 0 bridgehead atoms. The van der Waals surface area contributed by atoms with E-state index in [0.29, 0.717) is 0 Å². The molecule has 0 aromatic rings. The third-order valence-corrected chi connectivity index (χ3v) is 3.68. The molecule has 1 saturated heterocycles. The van der Waals surface area contributed by atoms with E-state index in [4.69, 9.17) is 11.6 Å². The maximum absolute atomic E-state index is 12.2. The number of carbonyl (C=O) groups is 2. The second-order valence-corrected chi connectivity index (χ2v) is 5.37. The van der Waals surface area contributed by atoms with Gasteiger partial charge in [0, 0.05) is 32.1 Å². The molecular weight excluding hydrogens is 285 g/mol. The minimum absolute atomic E-state index is 0.0982. The zero-order valence-electron chi connectivity index (χ0n) is 10.8. The Morgan fingerprint density at radius 1 is 1.00 bits per heavy atom. The number of hydrogen-bond acceptors (Lipinski definition) is 2. The Bertz CT molecular complexity index is 363. The van der Waals surface area contributed by atoms with Gasteiger partial charge in [0.1, 0.15) is 0 Å². The van der Waals surface area contributed by atoms with Gasteiger partial charge < -0.3 is 9.80 Å². The van der Waals surface area contributed by atoms with Crippen LogP contribution in [0, 0.1) is 5.41 Å². The number of rotatable bonds is 2. The van der Waals surface area contributed by atoms with Crippen molar-refractivity contribution in [2.45, 2.75) is 20.0 Å². The van der Waals surface area contributed by atoms with Crippen LogP contribution < -0.4 is 0 Å². The lowest BCUT2D eigenvalue weighted by atomic mass is 9.94. The topological polar surface area (TPSA) is 40.6 Å². The van der Waals surface area contributed by atoms with Gasteiger partial charge in [-0.25, -0.2) is 0 Å². The van der Waals surface area contributed by atoms with Gasteiger partial charge >= 0.3 is 12.1 Å². The van der Waals surface area contributed by atoms with Gasteiger partial charge in [0.05, 0.1) is 5.41 Å². The molecule has 0 aromatic carbocycles. The van der Waals surface area contributed by atoms with E-state index in [2.05, 4.69) is 0 Å². The molecule has 4 nitrogen and oxygen atoms in total. The molecule has 1 aliphatic rings. The summed E-state index contributed by atoms with van der Waals surface area (Å²) in [6, 6.07) is 0. The molecule has 19 heavy (non-hydrogen) atoms. The van der Waals surface area contributed by atoms with E-state index in [-0.39, 0.29) is 38.0 Å². The zero-order valence-corrected chi connectivity index (χ0v) is 11.5. The lowest BCUT2D eigenvalue weighted by Gasteiger charge is -2.38. The van der Waals surface area contributed by atoms with Crippen LogP contribution >= 0.6 is 11.6 Å². The largest absolute Gasteiger partial charge is 0.471 e. The summed E-state index contributed by atoms with van der Waals surface area (Å²) >= 11 is 5.69. The molecule has 1 aliphatic heterocycles. The highest BCUT2D eigenvalue weighted by atomic mass is 35.5. The molecule has 110 valence electrons. The van der Waals surface area contributed by atoms with E-state index in [1.165, 1.54) is 4.90 Å². The van der Waals surface area contributed by atoms with E-state index in [1.54, 1.807) is 13.8 Å². The van der Waals surface area contributed by atoms with Crippen molar-refractivity contribution < 1.29 is 22.8 Å².